The number of halogens is 9. The number of esters is 2. The van der Waals surface area contributed by atoms with Crippen LogP contribution in [0.15, 0.2) is 81.4 Å². The fourth-order valence-corrected chi connectivity index (χ4v) is 19.6. The molecule has 0 aromatic heterocycles. The summed E-state index contributed by atoms with van der Waals surface area (Å²) in [6, 6.07) is 13.9. The number of alkyl halides is 9. The number of rotatable bonds is 18. The van der Waals surface area contributed by atoms with E-state index in [-0.39, 0.29) is 61.0 Å². The van der Waals surface area contributed by atoms with Crippen molar-refractivity contribution < 1.29 is 80.1 Å². The molecule has 3 aromatic carbocycles. The van der Waals surface area contributed by atoms with Crippen LogP contribution in [0.5, 0.6) is 11.5 Å². The van der Waals surface area contributed by atoms with E-state index in [4.69, 9.17) is 22.6 Å². The first-order valence-electron chi connectivity index (χ1n) is 23.6. The standard InChI is InChI=1S/C50H55F9O9S2/c1-30-39(64-28-66-43(60)26-45-20-32-14-33(21-45)16-34(15-32)22-45)10-6-12-41(30)69(38-8-4-3-5-9-38,68-70(62,63)50(58,59)48(53,54)47(51,52)49(55,56)57)42-13-7-11-40(31(42)2)65-29-67-44(61)27-46-23-35-17-36(24-46)19-37(18-35)25-46/h3-13,32-37H,14-29H2,1-2H3. The highest BCUT2D eigenvalue weighted by molar-refractivity contribution is 8.33. The predicted molar refractivity (Wildman–Crippen MR) is 236 cm³/mol. The smallest absolute Gasteiger partial charge is 0.457 e. The van der Waals surface area contributed by atoms with Crippen LogP contribution in [0.2, 0.25) is 0 Å². The molecule has 0 saturated heterocycles. The van der Waals surface area contributed by atoms with Crippen LogP contribution < -0.4 is 9.47 Å². The van der Waals surface area contributed by atoms with Crippen LogP contribution in [0.25, 0.3) is 0 Å². The van der Waals surface area contributed by atoms with Crippen LogP contribution in [0.4, 0.5) is 39.5 Å². The Balaban J connectivity index is 1.05. The Kier molecular flexibility index (Phi) is 13.1. The van der Waals surface area contributed by atoms with E-state index in [0.29, 0.717) is 35.5 Å². The van der Waals surface area contributed by atoms with Gasteiger partial charge in [0.1, 0.15) is 11.5 Å². The van der Waals surface area contributed by atoms with Crippen molar-refractivity contribution >= 4 is 32.4 Å². The van der Waals surface area contributed by atoms with Crippen molar-refractivity contribution in [1.29, 1.82) is 0 Å². The molecule has 0 radical (unpaired) electrons. The van der Waals surface area contributed by atoms with Crippen molar-refractivity contribution in [3.8, 4) is 11.5 Å². The van der Waals surface area contributed by atoms with Gasteiger partial charge in [-0.15, -0.1) is 0 Å². The largest absolute Gasteiger partial charge is 0.460 e. The molecule has 3 aromatic rings. The van der Waals surface area contributed by atoms with E-state index >= 15 is 17.6 Å². The molecule has 70 heavy (non-hydrogen) atoms. The van der Waals surface area contributed by atoms with E-state index in [1.807, 2.05) is 0 Å². The monoisotopic (exact) mass is 1030 g/mol. The highest BCUT2D eigenvalue weighted by atomic mass is 32.3. The van der Waals surface area contributed by atoms with E-state index in [2.05, 4.69) is 0 Å². The first-order chi connectivity index (χ1) is 32.8. The summed E-state index contributed by atoms with van der Waals surface area (Å²) in [5.41, 5.74) is -0.571. The Hall–Kier alpha value is -4.17. The average molecular weight is 1040 g/mol. The van der Waals surface area contributed by atoms with Crippen molar-refractivity contribution in [2.75, 3.05) is 13.6 Å². The first-order valence-corrected chi connectivity index (χ1v) is 26.6. The second-order valence-corrected chi connectivity index (χ2v) is 25.5. The molecule has 8 bridgehead atoms. The summed E-state index contributed by atoms with van der Waals surface area (Å²) >= 11 is 0. The minimum Gasteiger partial charge on any atom is -0.457 e. The van der Waals surface area contributed by atoms with Gasteiger partial charge in [-0.3, -0.25) is 9.59 Å². The lowest BCUT2D eigenvalue weighted by molar-refractivity contribution is -0.382. The maximum atomic E-state index is 15.9. The van der Waals surface area contributed by atoms with Crippen molar-refractivity contribution in [2.24, 2.45) is 46.3 Å². The zero-order valence-electron chi connectivity index (χ0n) is 38.5. The third-order valence-electron chi connectivity index (χ3n) is 16.0. The molecule has 8 aliphatic carbocycles. The van der Waals surface area contributed by atoms with E-state index < -0.39 is 69.2 Å². The highest BCUT2D eigenvalue weighted by Gasteiger charge is 2.86. The van der Waals surface area contributed by atoms with Crippen LogP contribution in [0, 0.1) is 60.2 Å². The second kappa shape index (κ2) is 18.1. The van der Waals surface area contributed by atoms with Gasteiger partial charge in [0, 0.05) is 25.8 Å². The van der Waals surface area contributed by atoms with E-state index in [1.54, 1.807) is 0 Å². The number of hydrogen-bond donors (Lipinski definition) is 0. The molecule has 384 valence electrons. The Morgan fingerprint density at radius 3 is 1.27 bits per heavy atom. The molecule has 0 N–H and O–H groups in total. The number of carbonyl (C=O) groups is 2. The molecule has 8 saturated carbocycles. The molecule has 8 fully saturated rings. The first kappa shape index (κ1) is 50.8. The lowest BCUT2D eigenvalue weighted by Gasteiger charge is -2.56. The lowest BCUT2D eigenvalue weighted by atomic mass is 9.49. The molecule has 0 atom stereocenters. The van der Waals surface area contributed by atoms with Gasteiger partial charge < -0.3 is 18.9 Å². The molecular weight excluding hydrogens is 980 g/mol. The quantitative estimate of drug-likeness (QED) is 0.0698. The van der Waals surface area contributed by atoms with Gasteiger partial charge in [0.05, 0.1) is 12.8 Å². The molecule has 0 aliphatic heterocycles. The summed E-state index contributed by atoms with van der Waals surface area (Å²) in [6.07, 6.45) is 5.41. The summed E-state index contributed by atoms with van der Waals surface area (Å²) in [4.78, 5) is 25.5. The normalized spacial score (nSPS) is 29.6. The van der Waals surface area contributed by atoms with Gasteiger partial charge >= 0.3 is 45.3 Å². The molecule has 9 nitrogen and oxygen atoms in total. The van der Waals surface area contributed by atoms with Gasteiger partial charge in [-0.25, -0.2) is 3.63 Å². The summed E-state index contributed by atoms with van der Waals surface area (Å²) in [5, 5.41) is -7.23. The maximum absolute atomic E-state index is 15.9. The highest BCUT2D eigenvalue weighted by Crippen LogP contribution is 2.74. The van der Waals surface area contributed by atoms with Crippen molar-refractivity contribution in [1.82, 2.24) is 0 Å². The number of carbonyl (C=O) groups excluding carboxylic acids is 2. The molecule has 0 heterocycles. The van der Waals surface area contributed by atoms with Gasteiger partial charge in [-0.1, -0.05) is 30.3 Å². The maximum Gasteiger partial charge on any atom is 0.460 e. The Bertz CT molecular complexity index is 2400. The van der Waals surface area contributed by atoms with Crippen LogP contribution in [-0.4, -0.2) is 57.2 Å². The predicted octanol–water partition coefficient (Wildman–Crippen LogP) is 13.2. The van der Waals surface area contributed by atoms with Crippen LogP contribution in [0.1, 0.15) is 101 Å². The van der Waals surface area contributed by atoms with E-state index in [1.165, 1.54) is 80.6 Å². The molecule has 0 amide bonds. The zero-order chi connectivity index (χ0) is 50.3. The van der Waals surface area contributed by atoms with Gasteiger partial charge in [0.15, 0.2) is 0 Å². The summed E-state index contributed by atoms with van der Waals surface area (Å²) in [6.45, 7) is 1.27. The SMILES string of the molecule is Cc1c(OCOC(=O)CC23CC4CC(CC(C4)C2)C3)cccc1S(OS(=O)(=O)C(F)(F)C(F)(F)C(F)(F)C(F)(F)F)(c1ccccc1)c1cccc(OCOC(=O)CC23CC4CC(CC(C4)C2)C3)c1C. The molecule has 0 spiro atoms. The Morgan fingerprint density at radius 1 is 0.543 bits per heavy atom. The van der Waals surface area contributed by atoms with Crippen molar-refractivity contribution in [2.45, 2.75) is 142 Å². The lowest BCUT2D eigenvalue weighted by Crippen LogP contribution is -2.63. The number of ether oxygens (including phenoxy) is 4. The average Bonchev–Trinajstić information content (AvgIpc) is 3.25. The van der Waals surface area contributed by atoms with Gasteiger partial charge in [0.25, 0.3) is 0 Å². The van der Waals surface area contributed by atoms with Crippen LogP contribution in [0.3, 0.4) is 0 Å². The van der Waals surface area contributed by atoms with Crippen LogP contribution in [-0.2, 0) is 32.8 Å². The minimum absolute atomic E-state index is 0.103. The third kappa shape index (κ3) is 8.95. The second-order valence-electron chi connectivity index (χ2n) is 21.1. The Morgan fingerprint density at radius 2 is 0.914 bits per heavy atom. The fourth-order valence-electron chi connectivity index (χ4n) is 14.0. The topological polar surface area (TPSA) is 114 Å². The summed E-state index contributed by atoms with van der Waals surface area (Å²) in [5.74, 6) is -13.2. The molecular formula is C50H55F9O9S2. The molecule has 11 rings (SSSR count). The zero-order valence-corrected chi connectivity index (χ0v) is 40.2. The Labute approximate surface area is 402 Å². The van der Waals surface area contributed by atoms with E-state index in [0.717, 1.165) is 77.0 Å². The number of hydrogen-bond acceptors (Lipinski definition) is 9. The summed E-state index contributed by atoms with van der Waals surface area (Å²) < 4.78 is 187. The van der Waals surface area contributed by atoms with Gasteiger partial charge in [-0.05, 0) is 184 Å². The molecule has 20 heteroatoms. The van der Waals surface area contributed by atoms with Crippen LogP contribution >= 0.6 is 10.3 Å². The fraction of sp³-hybridized carbons (Fsp3) is 0.600. The van der Waals surface area contributed by atoms with E-state index in [9.17, 15) is 40.0 Å². The third-order valence-corrected chi connectivity index (χ3v) is 21.5. The molecule has 0 unspecified atom stereocenters. The van der Waals surface area contributed by atoms with Crippen molar-refractivity contribution in [3.05, 3.63) is 77.9 Å². The summed E-state index contributed by atoms with van der Waals surface area (Å²) in [7, 11) is -12.1. The minimum atomic E-state index is -7.61. The van der Waals surface area contributed by atoms with Gasteiger partial charge in [0.2, 0.25) is 13.6 Å². The number of benzene rings is 3. The van der Waals surface area contributed by atoms with Crippen molar-refractivity contribution in [3.63, 3.8) is 0 Å². The molecule has 8 aliphatic rings. The van der Waals surface area contributed by atoms with Gasteiger partial charge in [-0.2, -0.15) is 47.9 Å².